The van der Waals surface area contributed by atoms with Crippen LogP contribution in [-0.4, -0.2) is 16.5 Å². The number of nitrogens with one attached hydrogen (secondary N) is 1. The average molecular weight is 186 g/mol. The van der Waals surface area contributed by atoms with Crippen LogP contribution in [0, 0.1) is 0 Å². The van der Waals surface area contributed by atoms with Crippen molar-refractivity contribution in [2.24, 2.45) is 0 Å². The molecule has 0 aliphatic heterocycles. The van der Waals surface area contributed by atoms with E-state index in [1.165, 1.54) is 12.6 Å². The molecule has 12 heavy (non-hydrogen) atoms. The Morgan fingerprint density at radius 2 is 2.25 bits per heavy atom. The number of halogens is 1. The predicted octanol–water partition coefficient (Wildman–Crippen LogP) is 2.34. The van der Waals surface area contributed by atoms with Crippen LogP contribution in [-0.2, 0) is 0 Å². The highest BCUT2D eigenvalue weighted by Gasteiger charge is 1.92. The van der Waals surface area contributed by atoms with Gasteiger partial charge in [-0.15, -0.1) is 0 Å². The first-order chi connectivity index (χ1) is 5.83. The summed E-state index contributed by atoms with van der Waals surface area (Å²) in [6, 6.07) is 0. The predicted molar refractivity (Wildman–Crippen MR) is 50.4 cm³/mol. The Labute approximate surface area is 77.2 Å². The topological polar surface area (TPSA) is 37.8 Å². The molecule has 1 heterocycles. The van der Waals surface area contributed by atoms with E-state index in [0.717, 1.165) is 18.8 Å². The van der Waals surface area contributed by atoms with E-state index in [4.69, 9.17) is 11.6 Å². The zero-order chi connectivity index (χ0) is 8.81. The van der Waals surface area contributed by atoms with Gasteiger partial charge in [-0.3, -0.25) is 0 Å². The fourth-order valence-corrected chi connectivity index (χ4v) is 0.894. The van der Waals surface area contributed by atoms with Crippen LogP contribution >= 0.6 is 11.6 Å². The molecule has 1 rings (SSSR count). The minimum absolute atomic E-state index is 0.427. The van der Waals surface area contributed by atoms with Crippen LogP contribution in [0.4, 0.5) is 5.82 Å². The Morgan fingerprint density at radius 1 is 1.42 bits per heavy atom. The summed E-state index contributed by atoms with van der Waals surface area (Å²) < 4.78 is 0. The fourth-order valence-electron chi connectivity index (χ4n) is 0.797. The van der Waals surface area contributed by atoms with E-state index in [9.17, 15) is 0 Å². The van der Waals surface area contributed by atoms with Gasteiger partial charge in [-0.2, -0.15) is 0 Å². The molecule has 0 spiro atoms. The lowest BCUT2D eigenvalue weighted by Gasteiger charge is -2.02. The van der Waals surface area contributed by atoms with E-state index in [0.29, 0.717) is 5.15 Å². The molecule has 1 aromatic rings. The third-order valence-electron chi connectivity index (χ3n) is 1.46. The molecule has 0 saturated heterocycles. The molecule has 1 aromatic heterocycles. The number of unbranched alkanes of at least 4 members (excludes halogenated alkanes) is 1. The molecule has 0 unspecified atom stereocenters. The van der Waals surface area contributed by atoms with Gasteiger partial charge in [0.2, 0.25) is 0 Å². The smallest absolute Gasteiger partial charge is 0.147 e. The van der Waals surface area contributed by atoms with Gasteiger partial charge in [0.15, 0.2) is 0 Å². The molecule has 0 aliphatic rings. The minimum Gasteiger partial charge on any atom is -0.369 e. The quantitative estimate of drug-likeness (QED) is 0.732. The van der Waals surface area contributed by atoms with Crippen LogP contribution in [0.25, 0.3) is 0 Å². The molecule has 4 heteroatoms. The Hall–Kier alpha value is -0.830. The van der Waals surface area contributed by atoms with E-state index >= 15 is 0 Å². The summed E-state index contributed by atoms with van der Waals surface area (Å²) in [5.41, 5.74) is 0. The van der Waals surface area contributed by atoms with E-state index in [-0.39, 0.29) is 0 Å². The van der Waals surface area contributed by atoms with Gasteiger partial charge in [0, 0.05) is 6.54 Å². The first kappa shape index (κ1) is 9.26. The fraction of sp³-hybridized carbons (Fsp3) is 0.500. The average Bonchev–Trinajstić information content (AvgIpc) is 2.09. The Bertz CT molecular complexity index is 222. The normalized spacial score (nSPS) is 9.83. The van der Waals surface area contributed by atoms with Gasteiger partial charge < -0.3 is 5.32 Å². The second-order valence-electron chi connectivity index (χ2n) is 2.50. The van der Waals surface area contributed by atoms with Crippen LogP contribution in [0.5, 0.6) is 0 Å². The highest BCUT2D eigenvalue weighted by Crippen LogP contribution is 2.04. The van der Waals surface area contributed by atoms with Crippen molar-refractivity contribution in [3.05, 3.63) is 17.5 Å². The van der Waals surface area contributed by atoms with Crippen LogP contribution in [0.2, 0.25) is 5.15 Å². The molecule has 66 valence electrons. The monoisotopic (exact) mass is 185 g/mol. The van der Waals surface area contributed by atoms with E-state index in [1.54, 1.807) is 6.20 Å². The number of anilines is 1. The number of aromatic nitrogens is 2. The van der Waals surface area contributed by atoms with Crippen molar-refractivity contribution < 1.29 is 0 Å². The lowest BCUT2D eigenvalue weighted by Crippen LogP contribution is -2.02. The molecule has 1 N–H and O–H groups in total. The maximum atomic E-state index is 5.57. The second-order valence-corrected chi connectivity index (χ2v) is 2.89. The van der Waals surface area contributed by atoms with Crippen LogP contribution in [0.15, 0.2) is 12.4 Å². The van der Waals surface area contributed by atoms with Crippen molar-refractivity contribution in [1.82, 2.24) is 9.97 Å². The van der Waals surface area contributed by atoms with Crippen LogP contribution in [0.1, 0.15) is 19.8 Å². The van der Waals surface area contributed by atoms with Gasteiger partial charge in [-0.1, -0.05) is 24.9 Å². The molecular weight excluding hydrogens is 174 g/mol. The lowest BCUT2D eigenvalue weighted by molar-refractivity contribution is 0.830. The summed E-state index contributed by atoms with van der Waals surface area (Å²) in [4.78, 5) is 7.94. The number of nitrogens with zero attached hydrogens (tertiary/aromatic N) is 2. The van der Waals surface area contributed by atoms with Gasteiger partial charge >= 0.3 is 0 Å². The molecule has 0 radical (unpaired) electrons. The van der Waals surface area contributed by atoms with Crippen molar-refractivity contribution in [1.29, 1.82) is 0 Å². The van der Waals surface area contributed by atoms with E-state index < -0.39 is 0 Å². The molecule has 0 aromatic carbocycles. The maximum Gasteiger partial charge on any atom is 0.147 e. The zero-order valence-corrected chi connectivity index (χ0v) is 7.80. The minimum atomic E-state index is 0.427. The Kier molecular flexibility index (Phi) is 3.80. The van der Waals surface area contributed by atoms with Crippen molar-refractivity contribution in [3.8, 4) is 0 Å². The Morgan fingerprint density at radius 3 is 2.83 bits per heavy atom. The maximum absolute atomic E-state index is 5.57. The van der Waals surface area contributed by atoms with Gasteiger partial charge in [-0.05, 0) is 6.42 Å². The van der Waals surface area contributed by atoms with Crippen LogP contribution < -0.4 is 5.32 Å². The lowest BCUT2D eigenvalue weighted by atomic mass is 10.3. The highest BCUT2D eigenvalue weighted by atomic mass is 35.5. The van der Waals surface area contributed by atoms with Gasteiger partial charge in [0.25, 0.3) is 0 Å². The standard InChI is InChI=1S/C8H12ClN3/c1-2-3-4-10-8-6-11-7(9)5-12-8/h5-6H,2-4H2,1H3,(H,10,12). The summed E-state index contributed by atoms with van der Waals surface area (Å²) in [5, 5.41) is 3.57. The molecule has 0 fully saturated rings. The highest BCUT2D eigenvalue weighted by molar-refractivity contribution is 6.29. The Balaban J connectivity index is 2.37. The second kappa shape index (κ2) is 4.93. The SMILES string of the molecule is CCCCNc1cnc(Cl)cn1. The van der Waals surface area contributed by atoms with Gasteiger partial charge in [0.1, 0.15) is 11.0 Å². The largest absolute Gasteiger partial charge is 0.369 e. The summed E-state index contributed by atoms with van der Waals surface area (Å²) >= 11 is 5.57. The first-order valence-electron chi connectivity index (χ1n) is 4.04. The van der Waals surface area contributed by atoms with E-state index in [2.05, 4.69) is 22.2 Å². The summed E-state index contributed by atoms with van der Waals surface area (Å²) in [6.45, 7) is 3.09. The molecule has 0 atom stereocenters. The third kappa shape index (κ3) is 3.05. The molecule has 0 amide bonds. The summed E-state index contributed by atoms with van der Waals surface area (Å²) in [7, 11) is 0. The van der Waals surface area contributed by atoms with Crippen molar-refractivity contribution in [2.75, 3.05) is 11.9 Å². The van der Waals surface area contributed by atoms with Crippen molar-refractivity contribution in [3.63, 3.8) is 0 Å². The molecule has 0 bridgehead atoms. The molecular formula is C8H12ClN3. The third-order valence-corrected chi connectivity index (χ3v) is 1.65. The number of rotatable bonds is 4. The first-order valence-corrected chi connectivity index (χ1v) is 4.42. The molecule has 0 aliphatic carbocycles. The van der Waals surface area contributed by atoms with Crippen molar-refractivity contribution in [2.45, 2.75) is 19.8 Å². The van der Waals surface area contributed by atoms with Gasteiger partial charge in [-0.25, -0.2) is 9.97 Å². The zero-order valence-electron chi connectivity index (χ0n) is 7.05. The molecule has 3 nitrogen and oxygen atoms in total. The number of hydrogen-bond donors (Lipinski definition) is 1. The molecule has 0 saturated carbocycles. The number of hydrogen-bond acceptors (Lipinski definition) is 3. The summed E-state index contributed by atoms with van der Waals surface area (Å²) in [6.07, 6.45) is 5.49. The van der Waals surface area contributed by atoms with Crippen LogP contribution in [0.3, 0.4) is 0 Å². The van der Waals surface area contributed by atoms with E-state index in [1.807, 2.05) is 0 Å². The van der Waals surface area contributed by atoms with Crippen molar-refractivity contribution >= 4 is 17.4 Å². The summed E-state index contributed by atoms with van der Waals surface area (Å²) in [5.74, 6) is 0.785. The van der Waals surface area contributed by atoms with Gasteiger partial charge in [0.05, 0.1) is 12.4 Å².